The van der Waals surface area contributed by atoms with E-state index in [1.54, 1.807) is 68.4 Å². The van der Waals surface area contributed by atoms with Gasteiger partial charge in [-0.2, -0.15) is 0 Å². The quantitative estimate of drug-likeness (QED) is 0.0678. The van der Waals surface area contributed by atoms with E-state index in [0.717, 1.165) is 16.2 Å². The third kappa shape index (κ3) is 10.6. The molecule has 7 unspecified atom stereocenters. The molecule has 4 amide bonds. The predicted octanol–water partition coefficient (Wildman–Crippen LogP) is 7.59. The number of ether oxygens (including phenoxy) is 4. The number of nitrogens with one attached hydrogen (secondary N) is 2. The number of aliphatic hydroxyl groups is 1. The smallest absolute Gasteiger partial charge is 0.329 e. The van der Waals surface area contributed by atoms with Crippen LogP contribution in [0.1, 0.15) is 65.4 Å². The molecular weight excluding hydrogens is 1000 g/mol. The summed E-state index contributed by atoms with van der Waals surface area (Å²) in [5, 5.41) is 16.2. The van der Waals surface area contributed by atoms with Crippen molar-refractivity contribution in [2.24, 2.45) is 11.8 Å². The number of cyclic esters (lactones) is 1. The number of anilines is 3. The molecule has 406 valence electrons. The molecule has 6 aromatic carbocycles. The largest absolute Gasteiger partial charge is 0.491 e. The molecule has 79 heavy (non-hydrogen) atoms. The van der Waals surface area contributed by atoms with Crippen LogP contribution in [0.3, 0.4) is 0 Å². The molecular formula is C63H64N6O10. The second-order valence-electron chi connectivity index (χ2n) is 20.5. The third-order valence-corrected chi connectivity index (χ3v) is 15.3. The Hall–Kier alpha value is -8.33. The van der Waals surface area contributed by atoms with Crippen LogP contribution < -0.4 is 25.2 Å². The van der Waals surface area contributed by atoms with E-state index in [0.29, 0.717) is 67.3 Å². The maximum atomic E-state index is 17.0. The van der Waals surface area contributed by atoms with Crippen LogP contribution in [0, 0.1) is 23.7 Å². The van der Waals surface area contributed by atoms with Crippen molar-refractivity contribution in [2.45, 2.75) is 56.1 Å². The Balaban J connectivity index is 1.23. The van der Waals surface area contributed by atoms with E-state index >= 15 is 19.2 Å². The van der Waals surface area contributed by atoms with Crippen molar-refractivity contribution in [3.8, 4) is 17.6 Å². The Labute approximate surface area is 460 Å². The number of amides is 4. The SMILES string of the molecule is COC(=O)C(NC(=O)N1C(=O)C2(c3cc(C#CCN(C)Cc4ccccc4)ccc31)C(C(=O)Nc1ccc(N3CCOCC3)cc1)C1C(=O)OC(c3ccccc3)C(c3ccccc3)N1C2c1ccccc1OCCO)C(C)C. The molecule has 3 saturated heterocycles. The van der Waals surface area contributed by atoms with Gasteiger partial charge in [-0.1, -0.05) is 135 Å². The van der Waals surface area contributed by atoms with Crippen LogP contribution in [0.15, 0.2) is 158 Å². The number of urea groups is 1. The number of esters is 2. The number of fused-ring (bicyclic) bond motifs is 3. The lowest BCUT2D eigenvalue weighted by molar-refractivity contribution is -0.178. The van der Waals surface area contributed by atoms with Gasteiger partial charge in [-0.05, 0) is 83.8 Å². The molecule has 4 aliphatic rings. The van der Waals surface area contributed by atoms with Gasteiger partial charge >= 0.3 is 18.0 Å². The van der Waals surface area contributed by atoms with Crippen LogP contribution in [0.25, 0.3) is 0 Å². The Bertz CT molecular complexity index is 3240. The summed E-state index contributed by atoms with van der Waals surface area (Å²) >= 11 is 0. The Morgan fingerprint density at radius 1 is 0.823 bits per heavy atom. The van der Waals surface area contributed by atoms with E-state index in [1.165, 1.54) is 7.11 Å². The van der Waals surface area contributed by atoms with Crippen LogP contribution in [-0.4, -0.2) is 117 Å². The van der Waals surface area contributed by atoms with E-state index in [4.69, 9.17) is 18.9 Å². The molecule has 0 bridgehead atoms. The molecule has 16 heteroatoms. The number of hydrogen-bond acceptors (Lipinski definition) is 13. The van der Waals surface area contributed by atoms with Gasteiger partial charge in [0.2, 0.25) is 11.8 Å². The topological polar surface area (TPSA) is 180 Å². The monoisotopic (exact) mass is 1060 g/mol. The number of para-hydroxylation sites is 1. The number of benzene rings is 6. The van der Waals surface area contributed by atoms with Crippen LogP contribution in [0.5, 0.6) is 5.75 Å². The van der Waals surface area contributed by atoms with Crippen LogP contribution >= 0.6 is 0 Å². The number of morpholine rings is 2. The second kappa shape index (κ2) is 23.7. The molecule has 6 aromatic rings. The average Bonchev–Trinajstić information content (AvgIpc) is 2.41. The fourth-order valence-electron chi connectivity index (χ4n) is 11.8. The first-order chi connectivity index (χ1) is 38.4. The molecule has 0 aliphatic carbocycles. The number of imide groups is 1. The summed E-state index contributed by atoms with van der Waals surface area (Å²) in [6.07, 6.45) is -0.987. The predicted molar refractivity (Wildman–Crippen MR) is 298 cm³/mol. The number of carbonyl (C=O) groups excluding carboxylic acids is 5. The lowest BCUT2D eigenvalue weighted by atomic mass is 9.65. The minimum absolute atomic E-state index is 0.108. The summed E-state index contributed by atoms with van der Waals surface area (Å²) in [4.78, 5) is 84.9. The van der Waals surface area contributed by atoms with Crippen molar-refractivity contribution in [2.75, 3.05) is 75.3 Å². The fourth-order valence-corrected chi connectivity index (χ4v) is 11.8. The molecule has 0 aromatic heterocycles. The highest BCUT2D eigenvalue weighted by Crippen LogP contribution is 2.66. The highest BCUT2D eigenvalue weighted by molar-refractivity contribution is 6.25. The molecule has 3 fully saturated rings. The minimum atomic E-state index is -2.19. The number of methoxy groups -OCH3 is 1. The summed E-state index contributed by atoms with van der Waals surface area (Å²) in [6, 6.07) is 42.5. The van der Waals surface area contributed by atoms with Crippen LogP contribution in [0.4, 0.5) is 21.9 Å². The van der Waals surface area contributed by atoms with Gasteiger partial charge in [-0.25, -0.2) is 14.5 Å². The Kier molecular flexibility index (Phi) is 16.2. The van der Waals surface area contributed by atoms with Gasteiger partial charge in [0, 0.05) is 42.1 Å². The lowest BCUT2D eigenvalue weighted by Crippen LogP contribution is -2.57. The van der Waals surface area contributed by atoms with Gasteiger partial charge in [0.1, 0.15) is 36.0 Å². The molecule has 3 N–H and O–H groups in total. The zero-order chi connectivity index (χ0) is 55.2. The number of hydrogen-bond donors (Lipinski definition) is 3. The van der Waals surface area contributed by atoms with E-state index in [-0.39, 0.29) is 30.2 Å². The Morgan fingerprint density at radius 2 is 1.48 bits per heavy atom. The summed E-state index contributed by atoms with van der Waals surface area (Å²) < 4.78 is 23.8. The number of rotatable bonds is 15. The molecule has 0 radical (unpaired) electrons. The van der Waals surface area contributed by atoms with E-state index < -0.39 is 77.3 Å². The lowest BCUT2D eigenvalue weighted by Gasteiger charge is -2.46. The van der Waals surface area contributed by atoms with Crippen molar-refractivity contribution in [3.63, 3.8) is 0 Å². The minimum Gasteiger partial charge on any atom is -0.491 e. The first-order valence-corrected chi connectivity index (χ1v) is 26.7. The van der Waals surface area contributed by atoms with Crippen molar-refractivity contribution in [1.29, 1.82) is 0 Å². The molecule has 16 nitrogen and oxygen atoms in total. The molecule has 4 aliphatic heterocycles. The molecule has 7 atom stereocenters. The van der Waals surface area contributed by atoms with E-state index in [9.17, 15) is 9.90 Å². The zero-order valence-electron chi connectivity index (χ0n) is 44.6. The van der Waals surface area contributed by atoms with E-state index in [1.807, 2.05) is 115 Å². The third-order valence-electron chi connectivity index (χ3n) is 15.3. The average molecular weight is 1070 g/mol. The molecule has 4 heterocycles. The maximum Gasteiger partial charge on any atom is 0.329 e. The summed E-state index contributed by atoms with van der Waals surface area (Å²) in [6.45, 7) is 6.52. The first kappa shape index (κ1) is 54.0. The molecule has 0 saturated carbocycles. The number of aliphatic hydroxyl groups excluding tert-OH is 1. The van der Waals surface area contributed by atoms with Gasteiger partial charge in [0.25, 0.3) is 0 Å². The van der Waals surface area contributed by atoms with Crippen LogP contribution in [0.2, 0.25) is 0 Å². The summed E-state index contributed by atoms with van der Waals surface area (Å²) in [7, 11) is 3.18. The summed E-state index contributed by atoms with van der Waals surface area (Å²) in [5.41, 5.74) is 2.80. The highest BCUT2D eigenvalue weighted by Gasteiger charge is 2.76. The fraction of sp³-hybridized carbons (Fsp3) is 0.317. The van der Waals surface area contributed by atoms with Gasteiger partial charge < -0.3 is 39.6 Å². The van der Waals surface area contributed by atoms with E-state index in [2.05, 4.69) is 32.3 Å². The van der Waals surface area contributed by atoms with Crippen molar-refractivity contribution < 1.29 is 48.0 Å². The van der Waals surface area contributed by atoms with Crippen molar-refractivity contribution in [1.82, 2.24) is 15.1 Å². The normalized spacial score (nSPS) is 21.9. The number of nitrogens with zero attached hydrogens (tertiary/aromatic N) is 4. The molecule has 10 rings (SSSR count). The standard InChI is InChI=1S/C63H64N6O10/c1-41(2)53(59(72)76-4)65-62(75)68-50-31-26-42(19-16-32-66(3)40-43-17-8-5-9-18-43)39-49(50)63(61(68)74)52(58(71)64-46-27-29-47(30-28-46)67-33-36-77-37-34-67)55-60(73)79-56(45-22-12-7-13-23-45)54(44-20-10-6-11-21-44)69(55)57(63)48-24-14-15-25-51(48)78-38-35-70/h5-15,17-18,20-31,39,41,52-57,70H,32-38,40H2,1-4H3,(H,64,71)(H,65,75). The van der Waals surface area contributed by atoms with Gasteiger partial charge in [-0.15, -0.1) is 0 Å². The second-order valence-corrected chi connectivity index (χ2v) is 20.5. The molecule has 1 spiro atoms. The van der Waals surface area contributed by atoms with Crippen LogP contribution in [-0.2, 0) is 45.3 Å². The van der Waals surface area contributed by atoms with Crippen molar-refractivity contribution in [3.05, 3.63) is 191 Å². The first-order valence-electron chi connectivity index (χ1n) is 26.7. The maximum absolute atomic E-state index is 17.0. The number of carbonyl (C=O) groups is 5. The van der Waals surface area contributed by atoms with Gasteiger partial charge in [-0.3, -0.25) is 24.2 Å². The van der Waals surface area contributed by atoms with Gasteiger partial charge in [0.05, 0.1) is 57.2 Å². The Morgan fingerprint density at radius 3 is 2.15 bits per heavy atom. The highest BCUT2D eigenvalue weighted by atomic mass is 16.6. The van der Waals surface area contributed by atoms with Crippen molar-refractivity contribution >= 4 is 46.8 Å². The zero-order valence-corrected chi connectivity index (χ0v) is 44.6. The van der Waals surface area contributed by atoms with Gasteiger partial charge in [0.15, 0.2) is 0 Å². The summed E-state index contributed by atoms with van der Waals surface area (Å²) in [5.74, 6) is 1.70.